The van der Waals surface area contributed by atoms with Crippen LogP contribution in [0.5, 0.6) is 0 Å². The molecule has 3 nitrogen and oxygen atoms in total. The zero-order valence-electron chi connectivity index (χ0n) is 14.2. The minimum atomic E-state index is -0.771. The molecule has 0 heterocycles. The highest BCUT2D eigenvalue weighted by Crippen LogP contribution is 2.02. The maximum atomic E-state index is 11.7. The lowest BCUT2D eigenvalue weighted by Gasteiger charge is -2.00. The van der Waals surface area contributed by atoms with Crippen LogP contribution < -0.4 is 0 Å². The van der Waals surface area contributed by atoms with Crippen molar-refractivity contribution in [2.45, 2.75) is 64.7 Å². The number of hydrogen-bond donors (Lipinski definition) is 0. The summed E-state index contributed by atoms with van der Waals surface area (Å²) in [5.41, 5.74) is 0. The molecule has 0 unspecified atom stereocenters. The zero-order chi connectivity index (χ0) is 16.5. The summed E-state index contributed by atoms with van der Waals surface area (Å²) < 4.78 is 16.3. The Balaban J connectivity index is 3.43. The quantitative estimate of drug-likeness (QED) is 0.267. The lowest BCUT2D eigenvalue weighted by molar-refractivity contribution is -0.140. The van der Waals surface area contributed by atoms with E-state index in [1.54, 1.807) is 0 Å². The fourth-order valence-corrected chi connectivity index (χ4v) is 3.08. The maximum Gasteiger partial charge on any atom is 0.305 e. The molecule has 0 aromatic carbocycles. The predicted octanol–water partition coefficient (Wildman–Crippen LogP) is 4.55. The van der Waals surface area contributed by atoms with Crippen LogP contribution in [0.3, 0.4) is 0 Å². The van der Waals surface area contributed by atoms with Crippen LogP contribution in [-0.2, 0) is 20.3 Å². The van der Waals surface area contributed by atoms with Gasteiger partial charge in [-0.25, -0.2) is 0 Å². The minimum absolute atomic E-state index is 0.184. The normalized spacial score (nSPS) is 13.0. The van der Waals surface area contributed by atoms with Crippen LogP contribution in [0, 0.1) is 0 Å². The number of carbonyl (C=O) groups is 1. The van der Waals surface area contributed by atoms with Crippen LogP contribution in [0.4, 0.5) is 0 Å². The molecule has 0 saturated carbocycles. The summed E-state index contributed by atoms with van der Waals surface area (Å²) in [7, 11) is 0.625. The third-order valence-corrected chi connectivity index (χ3v) is 4.76. The molecule has 0 amide bonds. The van der Waals surface area contributed by atoms with Gasteiger partial charge in [-0.15, -0.1) is 0 Å². The first-order valence-electron chi connectivity index (χ1n) is 8.42. The standard InChI is InChI=1S/C18H32O3S/c1-3-4-5-6-7-8-9-10-11-13-16-22(20)17-14-12-15-18(19)21-2/h7-8,10-11H,3-6,9,12-17H2,1-2H3/b8-7-,11-10-/t22-/m1/s1. The molecule has 0 bridgehead atoms. The van der Waals surface area contributed by atoms with Gasteiger partial charge in [0, 0.05) is 28.7 Å². The Labute approximate surface area is 138 Å². The second-order valence-corrected chi connectivity index (χ2v) is 7.04. The van der Waals surface area contributed by atoms with Crippen molar-refractivity contribution in [3.63, 3.8) is 0 Å². The average molecular weight is 329 g/mol. The van der Waals surface area contributed by atoms with E-state index in [0.29, 0.717) is 12.2 Å². The SMILES string of the molecule is CCCCC/C=C\C/C=C\CC[S@@](=O)CCCCC(=O)OC. The number of allylic oxidation sites excluding steroid dienone is 4. The van der Waals surface area contributed by atoms with Crippen molar-refractivity contribution in [1.29, 1.82) is 0 Å². The minimum Gasteiger partial charge on any atom is -0.469 e. The monoisotopic (exact) mass is 328 g/mol. The molecule has 0 fully saturated rings. The Morgan fingerprint density at radius 3 is 2.36 bits per heavy atom. The van der Waals surface area contributed by atoms with Gasteiger partial charge in [-0.1, -0.05) is 44.1 Å². The van der Waals surface area contributed by atoms with Gasteiger partial charge in [-0.3, -0.25) is 9.00 Å². The number of carbonyl (C=O) groups excluding carboxylic acids is 1. The summed E-state index contributed by atoms with van der Waals surface area (Å²) in [4.78, 5) is 10.9. The molecular weight excluding hydrogens is 296 g/mol. The van der Waals surface area contributed by atoms with Gasteiger partial charge >= 0.3 is 5.97 Å². The number of rotatable bonds is 14. The van der Waals surface area contributed by atoms with Crippen molar-refractivity contribution in [3.8, 4) is 0 Å². The third kappa shape index (κ3) is 15.5. The van der Waals surface area contributed by atoms with Crippen molar-refractivity contribution >= 4 is 16.8 Å². The molecule has 1 atom stereocenters. The van der Waals surface area contributed by atoms with Gasteiger partial charge in [0.2, 0.25) is 0 Å². The average Bonchev–Trinajstić information content (AvgIpc) is 2.53. The van der Waals surface area contributed by atoms with Crippen LogP contribution >= 0.6 is 0 Å². The molecule has 0 aliphatic heterocycles. The third-order valence-electron chi connectivity index (χ3n) is 3.32. The van der Waals surface area contributed by atoms with Crippen molar-refractivity contribution in [1.82, 2.24) is 0 Å². The van der Waals surface area contributed by atoms with Gasteiger partial charge < -0.3 is 4.74 Å². The van der Waals surface area contributed by atoms with Gasteiger partial charge in [-0.05, 0) is 38.5 Å². The second kappa shape index (κ2) is 16.5. The van der Waals surface area contributed by atoms with E-state index in [1.165, 1.54) is 32.8 Å². The molecule has 0 rings (SSSR count). The van der Waals surface area contributed by atoms with E-state index in [4.69, 9.17) is 0 Å². The van der Waals surface area contributed by atoms with Gasteiger partial charge in [-0.2, -0.15) is 0 Å². The molecule has 128 valence electrons. The highest BCUT2D eigenvalue weighted by atomic mass is 32.2. The first-order chi connectivity index (χ1) is 10.7. The summed E-state index contributed by atoms with van der Waals surface area (Å²) in [6, 6.07) is 0. The Morgan fingerprint density at radius 2 is 1.68 bits per heavy atom. The molecule has 4 heteroatoms. The Morgan fingerprint density at radius 1 is 0.955 bits per heavy atom. The largest absolute Gasteiger partial charge is 0.469 e. The number of hydrogen-bond acceptors (Lipinski definition) is 3. The summed E-state index contributed by atoms with van der Waals surface area (Å²) in [6.45, 7) is 2.22. The van der Waals surface area contributed by atoms with E-state index in [-0.39, 0.29) is 5.97 Å². The van der Waals surface area contributed by atoms with Gasteiger partial charge in [0.1, 0.15) is 0 Å². The first kappa shape index (κ1) is 21.1. The lowest BCUT2D eigenvalue weighted by atomic mass is 10.2. The van der Waals surface area contributed by atoms with Crippen LogP contribution in [0.15, 0.2) is 24.3 Å². The van der Waals surface area contributed by atoms with E-state index in [9.17, 15) is 9.00 Å². The van der Waals surface area contributed by atoms with Crippen molar-refractivity contribution < 1.29 is 13.7 Å². The second-order valence-electron chi connectivity index (χ2n) is 5.34. The number of ether oxygens (including phenoxy) is 1. The number of unbranched alkanes of at least 4 members (excludes halogenated alkanes) is 4. The molecule has 0 N–H and O–H groups in total. The zero-order valence-corrected chi connectivity index (χ0v) is 15.0. The first-order valence-corrected chi connectivity index (χ1v) is 9.91. The van der Waals surface area contributed by atoms with Crippen molar-refractivity contribution in [2.24, 2.45) is 0 Å². The Bertz CT molecular complexity index is 348. The molecular formula is C18H32O3S. The highest BCUT2D eigenvalue weighted by Gasteiger charge is 2.02. The van der Waals surface area contributed by atoms with E-state index in [1.807, 2.05) is 0 Å². The molecule has 0 radical (unpaired) electrons. The maximum absolute atomic E-state index is 11.7. The van der Waals surface area contributed by atoms with Gasteiger partial charge in [0.25, 0.3) is 0 Å². The Hall–Kier alpha value is -0.900. The van der Waals surface area contributed by atoms with Gasteiger partial charge in [0.05, 0.1) is 7.11 Å². The topological polar surface area (TPSA) is 43.4 Å². The fraction of sp³-hybridized carbons (Fsp3) is 0.722. The summed E-state index contributed by atoms with van der Waals surface area (Å²) in [6.07, 6.45) is 17.6. The molecule has 0 aliphatic carbocycles. The van der Waals surface area contributed by atoms with E-state index >= 15 is 0 Å². The molecule has 0 spiro atoms. The smallest absolute Gasteiger partial charge is 0.305 e. The lowest BCUT2D eigenvalue weighted by Crippen LogP contribution is -2.04. The number of esters is 1. The predicted molar refractivity (Wildman–Crippen MR) is 95.4 cm³/mol. The van der Waals surface area contributed by atoms with Crippen LogP contribution in [0.1, 0.15) is 64.7 Å². The highest BCUT2D eigenvalue weighted by molar-refractivity contribution is 7.84. The molecule has 0 aromatic heterocycles. The van der Waals surface area contributed by atoms with Crippen molar-refractivity contribution in [2.75, 3.05) is 18.6 Å². The summed E-state index contributed by atoms with van der Waals surface area (Å²) >= 11 is 0. The molecule has 22 heavy (non-hydrogen) atoms. The van der Waals surface area contributed by atoms with E-state index < -0.39 is 10.8 Å². The molecule has 0 aliphatic rings. The van der Waals surface area contributed by atoms with Crippen molar-refractivity contribution in [3.05, 3.63) is 24.3 Å². The van der Waals surface area contributed by atoms with Crippen LogP contribution in [0.2, 0.25) is 0 Å². The van der Waals surface area contributed by atoms with Crippen LogP contribution in [-0.4, -0.2) is 28.8 Å². The summed E-state index contributed by atoms with van der Waals surface area (Å²) in [5, 5.41) is 0. The number of methoxy groups -OCH3 is 1. The summed E-state index contributed by atoms with van der Waals surface area (Å²) in [5.74, 6) is 1.22. The Kier molecular flexibility index (Phi) is 15.8. The fourth-order valence-electron chi connectivity index (χ4n) is 1.95. The molecule has 0 aromatic rings. The van der Waals surface area contributed by atoms with Crippen LogP contribution in [0.25, 0.3) is 0 Å². The van der Waals surface area contributed by atoms with Gasteiger partial charge in [0.15, 0.2) is 0 Å². The van der Waals surface area contributed by atoms with E-state index in [0.717, 1.165) is 31.4 Å². The molecule has 0 saturated heterocycles. The van der Waals surface area contributed by atoms with E-state index in [2.05, 4.69) is 36.0 Å².